The molecule has 0 atom stereocenters. The molecule has 6 heteroatoms. The summed E-state index contributed by atoms with van der Waals surface area (Å²) >= 11 is 0. The first-order chi connectivity index (χ1) is 7.79. The van der Waals surface area contributed by atoms with Crippen LogP contribution >= 0.6 is 0 Å². The van der Waals surface area contributed by atoms with Crippen molar-refractivity contribution in [1.82, 2.24) is 20.2 Å². The van der Waals surface area contributed by atoms with Crippen LogP contribution in [0.2, 0.25) is 0 Å². The average Bonchev–Trinajstić information content (AvgIpc) is 2.76. The number of nitrogens with one attached hydrogen (secondary N) is 1. The van der Waals surface area contributed by atoms with E-state index in [2.05, 4.69) is 20.2 Å². The Kier molecular flexibility index (Phi) is 3.21. The molecule has 84 valence electrons. The maximum absolute atomic E-state index is 12.6. The summed E-state index contributed by atoms with van der Waals surface area (Å²) in [4.78, 5) is 8.14. The summed E-state index contributed by atoms with van der Waals surface area (Å²) in [6, 6.07) is 2.88. The first-order valence-corrected chi connectivity index (χ1v) is 5.03. The number of hydrogen-bond acceptors (Lipinski definition) is 4. The van der Waals surface area contributed by atoms with Gasteiger partial charge in [0.2, 0.25) is 0 Å². The summed E-state index contributed by atoms with van der Waals surface area (Å²) in [7, 11) is 0. The van der Waals surface area contributed by atoms with Crippen LogP contribution in [0.3, 0.4) is 0 Å². The van der Waals surface area contributed by atoms with Gasteiger partial charge in [-0.1, -0.05) is 0 Å². The Bertz CT molecular complexity index is 450. The number of hydrogen-bond donors (Lipinski definition) is 2. The zero-order chi connectivity index (χ0) is 11.4. The van der Waals surface area contributed by atoms with Gasteiger partial charge in [0.1, 0.15) is 17.3 Å². The van der Waals surface area contributed by atoms with E-state index in [1.54, 1.807) is 6.07 Å². The van der Waals surface area contributed by atoms with Crippen molar-refractivity contribution in [2.75, 3.05) is 6.54 Å². The minimum atomic E-state index is -0.373. The number of nitrogens with two attached hydrogens (primary N) is 1. The highest BCUT2D eigenvalue weighted by Gasteiger charge is 2.06. The van der Waals surface area contributed by atoms with E-state index in [0.717, 1.165) is 24.9 Å². The lowest BCUT2D eigenvalue weighted by molar-refractivity contribution is 0.621. The Labute approximate surface area is 91.9 Å². The molecular formula is C10H12FN5. The highest BCUT2D eigenvalue weighted by atomic mass is 19.1. The Morgan fingerprint density at radius 2 is 2.25 bits per heavy atom. The van der Waals surface area contributed by atoms with E-state index in [1.807, 2.05) is 0 Å². The second-order valence-electron chi connectivity index (χ2n) is 3.36. The maximum Gasteiger partial charge on any atom is 0.199 e. The van der Waals surface area contributed by atoms with Crippen molar-refractivity contribution in [3.8, 4) is 11.5 Å². The van der Waals surface area contributed by atoms with Gasteiger partial charge in [-0.25, -0.2) is 14.4 Å². The van der Waals surface area contributed by atoms with Gasteiger partial charge in [-0.05, 0) is 25.1 Å². The molecule has 5 nitrogen and oxygen atoms in total. The highest BCUT2D eigenvalue weighted by Crippen LogP contribution is 2.11. The standard InChI is InChI=1S/C10H12FN5/c11-7-3-4-8(13-6-7)10-14-9(15-16-10)2-1-5-12/h3-4,6H,1-2,5,12H2,(H,14,15,16). The molecule has 0 bridgehead atoms. The third kappa shape index (κ3) is 2.40. The van der Waals surface area contributed by atoms with Gasteiger partial charge in [-0.3, -0.25) is 5.10 Å². The molecule has 3 N–H and O–H groups in total. The Morgan fingerprint density at radius 3 is 2.94 bits per heavy atom. The fourth-order valence-electron chi connectivity index (χ4n) is 1.30. The molecule has 0 aliphatic heterocycles. The van der Waals surface area contributed by atoms with Crippen LogP contribution in [0.15, 0.2) is 18.3 Å². The molecule has 0 amide bonds. The number of aryl methyl sites for hydroxylation is 1. The third-order valence-corrected chi connectivity index (χ3v) is 2.11. The van der Waals surface area contributed by atoms with Gasteiger partial charge in [0.15, 0.2) is 5.82 Å². The Morgan fingerprint density at radius 1 is 1.38 bits per heavy atom. The van der Waals surface area contributed by atoms with Crippen LogP contribution in [-0.4, -0.2) is 26.7 Å². The zero-order valence-electron chi connectivity index (χ0n) is 8.65. The van der Waals surface area contributed by atoms with E-state index < -0.39 is 0 Å². The molecule has 0 saturated heterocycles. The molecule has 2 aromatic heterocycles. The second kappa shape index (κ2) is 4.80. The van der Waals surface area contributed by atoms with Crippen LogP contribution in [0.25, 0.3) is 11.5 Å². The maximum atomic E-state index is 12.6. The van der Waals surface area contributed by atoms with Crippen molar-refractivity contribution >= 4 is 0 Å². The quantitative estimate of drug-likeness (QED) is 0.803. The minimum absolute atomic E-state index is 0.373. The number of aromatic amines is 1. The summed E-state index contributed by atoms with van der Waals surface area (Å²) < 4.78 is 12.6. The summed E-state index contributed by atoms with van der Waals surface area (Å²) in [6.45, 7) is 0.616. The van der Waals surface area contributed by atoms with Crippen molar-refractivity contribution < 1.29 is 4.39 Å². The van der Waals surface area contributed by atoms with E-state index in [-0.39, 0.29) is 5.82 Å². The molecule has 0 unspecified atom stereocenters. The molecule has 0 aliphatic rings. The van der Waals surface area contributed by atoms with Crippen molar-refractivity contribution in [2.24, 2.45) is 5.73 Å². The molecule has 2 rings (SSSR count). The van der Waals surface area contributed by atoms with E-state index in [4.69, 9.17) is 5.73 Å². The van der Waals surface area contributed by atoms with E-state index in [1.165, 1.54) is 6.07 Å². The summed E-state index contributed by atoms with van der Waals surface area (Å²) in [5.41, 5.74) is 5.95. The van der Waals surface area contributed by atoms with Crippen LogP contribution in [0.1, 0.15) is 12.2 Å². The van der Waals surface area contributed by atoms with Crippen LogP contribution < -0.4 is 5.73 Å². The SMILES string of the molecule is NCCCc1nc(-c2ccc(F)cn2)n[nH]1. The third-order valence-electron chi connectivity index (χ3n) is 2.11. The van der Waals surface area contributed by atoms with Gasteiger partial charge in [0.05, 0.1) is 6.20 Å². The monoisotopic (exact) mass is 221 g/mol. The predicted molar refractivity (Wildman–Crippen MR) is 56.9 cm³/mol. The summed E-state index contributed by atoms with van der Waals surface area (Å²) in [5.74, 6) is 0.876. The fraction of sp³-hybridized carbons (Fsp3) is 0.300. The topological polar surface area (TPSA) is 80.5 Å². The largest absolute Gasteiger partial charge is 0.330 e. The van der Waals surface area contributed by atoms with E-state index >= 15 is 0 Å². The number of H-pyrrole nitrogens is 1. The fourth-order valence-corrected chi connectivity index (χ4v) is 1.30. The number of pyridine rings is 1. The van der Waals surface area contributed by atoms with E-state index in [9.17, 15) is 4.39 Å². The van der Waals surface area contributed by atoms with Gasteiger partial charge >= 0.3 is 0 Å². The molecule has 16 heavy (non-hydrogen) atoms. The van der Waals surface area contributed by atoms with Gasteiger partial charge in [-0.15, -0.1) is 0 Å². The molecule has 0 aliphatic carbocycles. The van der Waals surface area contributed by atoms with Crippen molar-refractivity contribution in [1.29, 1.82) is 0 Å². The molecule has 0 aromatic carbocycles. The van der Waals surface area contributed by atoms with Crippen LogP contribution in [0, 0.1) is 5.82 Å². The van der Waals surface area contributed by atoms with Gasteiger partial charge in [0.25, 0.3) is 0 Å². The van der Waals surface area contributed by atoms with Crippen LogP contribution in [0.4, 0.5) is 4.39 Å². The average molecular weight is 221 g/mol. The lowest BCUT2D eigenvalue weighted by Crippen LogP contribution is -2.01. The smallest absolute Gasteiger partial charge is 0.199 e. The number of aromatic nitrogens is 4. The molecule has 2 aromatic rings. The minimum Gasteiger partial charge on any atom is -0.330 e. The van der Waals surface area contributed by atoms with Crippen molar-refractivity contribution in [3.05, 3.63) is 30.0 Å². The molecule has 0 spiro atoms. The number of halogens is 1. The van der Waals surface area contributed by atoms with Gasteiger partial charge < -0.3 is 5.73 Å². The number of rotatable bonds is 4. The molecule has 0 fully saturated rings. The molecule has 0 saturated carbocycles. The van der Waals surface area contributed by atoms with Crippen molar-refractivity contribution in [2.45, 2.75) is 12.8 Å². The summed E-state index contributed by atoms with van der Waals surface area (Å²) in [5, 5.41) is 6.81. The number of nitrogens with zero attached hydrogens (tertiary/aromatic N) is 3. The van der Waals surface area contributed by atoms with E-state index in [0.29, 0.717) is 18.1 Å². The zero-order valence-corrected chi connectivity index (χ0v) is 8.65. The first-order valence-electron chi connectivity index (χ1n) is 5.03. The molecular weight excluding hydrogens is 209 g/mol. The first kappa shape index (κ1) is 10.7. The lowest BCUT2D eigenvalue weighted by atomic mass is 10.3. The lowest BCUT2D eigenvalue weighted by Gasteiger charge is -1.93. The van der Waals surface area contributed by atoms with Crippen LogP contribution in [0.5, 0.6) is 0 Å². The molecule has 2 heterocycles. The van der Waals surface area contributed by atoms with Crippen molar-refractivity contribution in [3.63, 3.8) is 0 Å². The highest BCUT2D eigenvalue weighted by molar-refractivity contribution is 5.47. The second-order valence-corrected chi connectivity index (χ2v) is 3.36. The van der Waals surface area contributed by atoms with Gasteiger partial charge in [-0.2, -0.15) is 5.10 Å². The Hall–Kier alpha value is -1.82. The van der Waals surface area contributed by atoms with Gasteiger partial charge in [0, 0.05) is 6.42 Å². The predicted octanol–water partition coefficient (Wildman–Crippen LogP) is 0.897. The van der Waals surface area contributed by atoms with Crippen LogP contribution in [-0.2, 0) is 6.42 Å². The Balaban J connectivity index is 2.15. The normalized spacial score (nSPS) is 10.6. The summed E-state index contributed by atoms with van der Waals surface area (Å²) in [6.07, 6.45) is 2.75. The molecule has 0 radical (unpaired) electrons.